The molecule has 0 aliphatic rings. The van der Waals surface area contributed by atoms with E-state index in [2.05, 4.69) is 9.26 Å². The van der Waals surface area contributed by atoms with E-state index in [1.54, 1.807) is 6.07 Å². The van der Waals surface area contributed by atoms with Gasteiger partial charge in [0.2, 0.25) is 34.8 Å². The van der Waals surface area contributed by atoms with E-state index in [0.29, 0.717) is 0 Å². The number of nitrogens with one attached hydrogen (secondary N) is 1. The minimum Gasteiger partial charge on any atom is -0.468 e. The average molecular weight is 425 g/mol. The number of halogens is 5. The van der Waals surface area contributed by atoms with Gasteiger partial charge in [-0.25, -0.2) is 17.7 Å². The Kier molecular flexibility index (Phi) is 6.63. The SMILES string of the molecule is COC(=O)[C@H](C)N[P@](=O)(Oc1ccccc1)Oc1c(F)c(F)c(F)c(F)c1F. The third-order valence-corrected chi connectivity index (χ3v) is 4.83. The summed E-state index contributed by atoms with van der Waals surface area (Å²) in [6.45, 7) is 1.15. The van der Waals surface area contributed by atoms with Crippen molar-refractivity contribution in [2.45, 2.75) is 13.0 Å². The number of hydrogen-bond donors (Lipinski definition) is 1. The Bertz CT molecular complexity index is 898. The van der Waals surface area contributed by atoms with Crippen LogP contribution >= 0.6 is 7.75 Å². The molecule has 0 fully saturated rings. The van der Waals surface area contributed by atoms with Crippen molar-refractivity contribution in [1.29, 1.82) is 0 Å². The maximum absolute atomic E-state index is 13.9. The van der Waals surface area contributed by atoms with Crippen LogP contribution in [0.15, 0.2) is 30.3 Å². The lowest BCUT2D eigenvalue weighted by Crippen LogP contribution is -2.35. The molecule has 0 heterocycles. The topological polar surface area (TPSA) is 73.9 Å². The summed E-state index contributed by atoms with van der Waals surface area (Å²) in [4.78, 5) is 11.5. The maximum Gasteiger partial charge on any atom is 0.513 e. The van der Waals surface area contributed by atoms with Crippen LogP contribution in [0.5, 0.6) is 11.5 Å². The lowest BCUT2D eigenvalue weighted by atomic mass is 10.3. The van der Waals surface area contributed by atoms with Gasteiger partial charge in [-0.15, -0.1) is 0 Å². The lowest BCUT2D eigenvalue weighted by molar-refractivity contribution is -0.142. The van der Waals surface area contributed by atoms with Gasteiger partial charge in [-0.3, -0.25) is 4.79 Å². The molecular formula is C16H13F5NO5P. The molecule has 12 heteroatoms. The molecule has 2 rings (SSSR count). The molecule has 0 unspecified atom stereocenters. The number of carbonyl (C=O) groups excluding carboxylic acids is 1. The molecule has 152 valence electrons. The van der Waals surface area contributed by atoms with Gasteiger partial charge in [0.05, 0.1) is 7.11 Å². The number of benzene rings is 2. The quantitative estimate of drug-likeness (QED) is 0.237. The number of rotatable bonds is 7. The van der Waals surface area contributed by atoms with Gasteiger partial charge in [0.1, 0.15) is 11.8 Å². The van der Waals surface area contributed by atoms with Crippen LogP contribution in [0.25, 0.3) is 0 Å². The zero-order valence-electron chi connectivity index (χ0n) is 14.3. The molecule has 2 atom stereocenters. The van der Waals surface area contributed by atoms with Crippen molar-refractivity contribution in [2.75, 3.05) is 7.11 Å². The van der Waals surface area contributed by atoms with Gasteiger partial charge in [-0.1, -0.05) is 18.2 Å². The Labute approximate surface area is 155 Å². The summed E-state index contributed by atoms with van der Waals surface area (Å²) in [6.07, 6.45) is 0. The molecule has 0 saturated heterocycles. The second-order valence-corrected chi connectivity index (χ2v) is 6.88. The Balaban J connectivity index is 2.48. The van der Waals surface area contributed by atoms with Gasteiger partial charge >= 0.3 is 13.7 Å². The Morgan fingerprint density at radius 2 is 1.43 bits per heavy atom. The minimum atomic E-state index is -4.88. The highest BCUT2D eigenvalue weighted by molar-refractivity contribution is 7.52. The summed E-state index contributed by atoms with van der Waals surface area (Å²) < 4.78 is 94.7. The molecule has 0 radical (unpaired) electrons. The summed E-state index contributed by atoms with van der Waals surface area (Å²) in [5.41, 5.74) is 0. The van der Waals surface area contributed by atoms with E-state index in [4.69, 9.17) is 4.52 Å². The van der Waals surface area contributed by atoms with Crippen LogP contribution in [0.2, 0.25) is 0 Å². The molecular weight excluding hydrogens is 412 g/mol. The standard InChI is InChI=1S/C16H13F5NO5P/c1-8(16(23)25-2)22-28(24,26-9-6-4-3-5-7-9)27-15-13(20)11(18)10(17)12(19)14(15)21/h3-8H,1-2H3,(H,22,24)/t8-,28-/m0/s1. The molecule has 0 aromatic heterocycles. The first-order chi connectivity index (χ1) is 13.1. The fraction of sp³-hybridized carbons (Fsp3) is 0.188. The summed E-state index contributed by atoms with van der Waals surface area (Å²) in [6, 6.07) is 5.62. The van der Waals surface area contributed by atoms with Crippen LogP contribution in [0.1, 0.15) is 6.92 Å². The smallest absolute Gasteiger partial charge is 0.468 e. The first-order valence-corrected chi connectivity index (χ1v) is 9.05. The molecule has 0 saturated carbocycles. The van der Waals surface area contributed by atoms with Gasteiger partial charge in [0, 0.05) is 0 Å². The molecule has 2 aromatic rings. The zero-order chi connectivity index (χ0) is 21.1. The van der Waals surface area contributed by atoms with E-state index in [0.717, 1.165) is 14.0 Å². The fourth-order valence-electron chi connectivity index (χ4n) is 1.94. The van der Waals surface area contributed by atoms with E-state index >= 15 is 0 Å². The second kappa shape index (κ2) is 8.57. The Morgan fingerprint density at radius 3 is 1.93 bits per heavy atom. The maximum atomic E-state index is 13.9. The highest BCUT2D eigenvalue weighted by Gasteiger charge is 2.38. The molecule has 6 nitrogen and oxygen atoms in total. The number of esters is 1. The third kappa shape index (κ3) is 4.60. The summed E-state index contributed by atoms with van der Waals surface area (Å²) in [5, 5.41) is 2.01. The van der Waals surface area contributed by atoms with Gasteiger partial charge in [-0.2, -0.15) is 13.9 Å². The normalized spacial score (nSPS) is 14.1. The highest BCUT2D eigenvalue weighted by Crippen LogP contribution is 2.47. The van der Waals surface area contributed by atoms with Crippen LogP contribution < -0.4 is 14.1 Å². The average Bonchev–Trinajstić information content (AvgIpc) is 2.68. The van der Waals surface area contributed by atoms with E-state index < -0.39 is 54.6 Å². The van der Waals surface area contributed by atoms with E-state index in [1.165, 1.54) is 24.3 Å². The monoisotopic (exact) mass is 425 g/mol. The van der Waals surface area contributed by atoms with Gasteiger partial charge < -0.3 is 13.8 Å². The molecule has 1 N–H and O–H groups in total. The lowest BCUT2D eigenvalue weighted by Gasteiger charge is -2.23. The van der Waals surface area contributed by atoms with Crippen LogP contribution in [-0.2, 0) is 14.1 Å². The highest BCUT2D eigenvalue weighted by atomic mass is 31.2. The number of hydrogen-bond acceptors (Lipinski definition) is 5. The van der Waals surface area contributed by atoms with Crippen molar-refractivity contribution in [3.05, 3.63) is 59.4 Å². The summed E-state index contributed by atoms with van der Waals surface area (Å²) in [7, 11) is -3.87. The Hall–Kier alpha value is -2.65. The number of ether oxygens (including phenoxy) is 1. The predicted octanol–water partition coefficient (Wildman–Crippen LogP) is 4.10. The molecule has 2 aromatic carbocycles. The first kappa shape index (κ1) is 21.6. The Morgan fingerprint density at radius 1 is 0.929 bits per heavy atom. The van der Waals surface area contributed by atoms with Gasteiger partial charge in [0.25, 0.3) is 0 Å². The van der Waals surface area contributed by atoms with Crippen molar-refractivity contribution in [3.8, 4) is 11.5 Å². The first-order valence-electron chi connectivity index (χ1n) is 7.51. The molecule has 0 amide bonds. The third-order valence-electron chi connectivity index (χ3n) is 3.26. The predicted molar refractivity (Wildman–Crippen MR) is 86.2 cm³/mol. The minimum absolute atomic E-state index is 0.140. The number of carbonyl (C=O) groups is 1. The summed E-state index contributed by atoms with van der Waals surface area (Å²) >= 11 is 0. The van der Waals surface area contributed by atoms with Gasteiger partial charge in [-0.05, 0) is 19.1 Å². The van der Waals surface area contributed by atoms with Crippen molar-refractivity contribution in [1.82, 2.24) is 5.09 Å². The van der Waals surface area contributed by atoms with Crippen LogP contribution in [0, 0.1) is 29.1 Å². The van der Waals surface area contributed by atoms with Crippen LogP contribution in [0.4, 0.5) is 22.0 Å². The van der Waals surface area contributed by atoms with E-state index in [-0.39, 0.29) is 5.75 Å². The van der Waals surface area contributed by atoms with Crippen LogP contribution in [0.3, 0.4) is 0 Å². The second-order valence-electron chi connectivity index (χ2n) is 5.27. The molecule has 0 aliphatic carbocycles. The number of para-hydroxylation sites is 1. The largest absolute Gasteiger partial charge is 0.513 e. The van der Waals surface area contributed by atoms with Crippen molar-refractivity contribution in [3.63, 3.8) is 0 Å². The van der Waals surface area contributed by atoms with E-state index in [1.807, 2.05) is 5.09 Å². The summed E-state index contributed by atoms with van der Waals surface area (Å²) in [5.74, 6) is -14.7. The molecule has 0 spiro atoms. The van der Waals surface area contributed by atoms with Crippen molar-refractivity contribution in [2.24, 2.45) is 0 Å². The van der Waals surface area contributed by atoms with E-state index in [9.17, 15) is 31.3 Å². The van der Waals surface area contributed by atoms with Crippen LogP contribution in [-0.4, -0.2) is 19.1 Å². The molecule has 28 heavy (non-hydrogen) atoms. The molecule has 0 bridgehead atoms. The van der Waals surface area contributed by atoms with Gasteiger partial charge in [0.15, 0.2) is 0 Å². The van der Waals surface area contributed by atoms with Crippen molar-refractivity contribution >= 4 is 13.7 Å². The zero-order valence-corrected chi connectivity index (χ0v) is 15.2. The fourth-order valence-corrected chi connectivity index (χ4v) is 3.47. The number of methoxy groups -OCH3 is 1. The molecule has 0 aliphatic heterocycles. The van der Waals surface area contributed by atoms with Crippen molar-refractivity contribution < 1.29 is 45.1 Å².